The minimum atomic E-state index is -3.93. The third kappa shape index (κ3) is 2.96. The van der Waals surface area contributed by atoms with Crippen molar-refractivity contribution in [3.8, 4) is 6.07 Å². The zero-order valence-corrected chi connectivity index (χ0v) is 14.2. The van der Waals surface area contributed by atoms with Crippen LogP contribution in [0.3, 0.4) is 0 Å². The Morgan fingerprint density at radius 1 is 1.38 bits per heavy atom. The van der Waals surface area contributed by atoms with Gasteiger partial charge < -0.3 is 5.11 Å². The summed E-state index contributed by atoms with van der Waals surface area (Å²) in [6.07, 6.45) is 0. The molecule has 24 heavy (non-hydrogen) atoms. The van der Waals surface area contributed by atoms with E-state index in [0.717, 1.165) is 23.8 Å². The number of hydrogen-bond donors (Lipinski definition) is 1. The van der Waals surface area contributed by atoms with Crippen LogP contribution in [0.4, 0.5) is 4.39 Å². The Morgan fingerprint density at radius 2 is 2.17 bits per heavy atom. The van der Waals surface area contributed by atoms with Gasteiger partial charge in [0.15, 0.2) is 0 Å². The van der Waals surface area contributed by atoms with E-state index in [2.05, 4.69) is 0 Å². The third-order valence-electron chi connectivity index (χ3n) is 4.29. The van der Waals surface area contributed by atoms with E-state index in [4.69, 9.17) is 5.26 Å². The van der Waals surface area contributed by atoms with Crippen molar-refractivity contribution in [3.05, 3.63) is 52.0 Å². The fourth-order valence-corrected chi connectivity index (χ4v) is 5.40. The SMILES string of the molecule is N#Cc1cc(F)ccc1S(=O)(=O)N1C[C@H](CO)[C@@H](c2ccsc2)C1. The number of halogens is 1. The standard InChI is InChI=1S/C16H15FN2O3S2/c17-14-1-2-16(12(5-14)6-18)24(21,22)19-7-13(9-20)15(8-19)11-3-4-23-10-11/h1-5,10,13,15,20H,7-9H2/t13-,15-/m1/s1. The second-order valence-electron chi connectivity index (χ2n) is 5.68. The van der Waals surface area contributed by atoms with Crippen LogP contribution in [0, 0.1) is 23.1 Å². The van der Waals surface area contributed by atoms with Crippen LogP contribution < -0.4 is 0 Å². The molecule has 1 aromatic carbocycles. The van der Waals surface area contributed by atoms with E-state index in [-0.39, 0.29) is 42.0 Å². The number of aliphatic hydroxyl groups is 1. The van der Waals surface area contributed by atoms with Crippen molar-refractivity contribution in [1.82, 2.24) is 4.31 Å². The monoisotopic (exact) mass is 366 g/mol. The summed E-state index contributed by atoms with van der Waals surface area (Å²) in [6.45, 7) is 0.273. The third-order valence-corrected chi connectivity index (χ3v) is 6.88. The summed E-state index contributed by atoms with van der Waals surface area (Å²) in [5.41, 5.74) is 0.783. The molecule has 3 rings (SSSR count). The molecule has 1 aliphatic rings. The predicted octanol–water partition coefficient (Wildman–Crippen LogP) is 2.16. The van der Waals surface area contributed by atoms with Gasteiger partial charge in [-0.25, -0.2) is 12.8 Å². The molecular formula is C16H15FN2O3S2. The van der Waals surface area contributed by atoms with E-state index in [1.807, 2.05) is 16.8 Å². The number of hydrogen-bond acceptors (Lipinski definition) is 5. The molecule has 2 aromatic rings. The minimum Gasteiger partial charge on any atom is -0.396 e. The van der Waals surface area contributed by atoms with E-state index in [9.17, 15) is 17.9 Å². The molecule has 0 amide bonds. The van der Waals surface area contributed by atoms with E-state index in [1.54, 1.807) is 6.07 Å². The smallest absolute Gasteiger partial charge is 0.244 e. The summed E-state index contributed by atoms with van der Waals surface area (Å²) >= 11 is 1.52. The van der Waals surface area contributed by atoms with Gasteiger partial charge >= 0.3 is 0 Å². The average Bonchev–Trinajstić information content (AvgIpc) is 3.23. The van der Waals surface area contributed by atoms with Gasteiger partial charge in [-0.2, -0.15) is 20.9 Å². The molecule has 0 spiro atoms. The summed E-state index contributed by atoms with van der Waals surface area (Å²) in [4.78, 5) is -0.200. The summed E-state index contributed by atoms with van der Waals surface area (Å²) in [7, 11) is -3.93. The molecule has 1 saturated heterocycles. The topological polar surface area (TPSA) is 81.4 Å². The van der Waals surface area contributed by atoms with Gasteiger partial charge in [0, 0.05) is 31.5 Å². The molecular weight excluding hydrogens is 351 g/mol. The number of benzene rings is 1. The predicted molar refractivity (Wildman–Crippen MR) is 87.5 cm³/mol. The first-order valence-electron chi connectivity index (χ1n) is 7.30. The lowest BCUT2D eigenvalue weighted by molar-refractivity contribution is 0.223. The molecule has 0 saturated carbocycles. The molecule has 8 heteroatoms. The maximum absolute atomic E-state index is 13.3. The molecule has 1 aromatic heterocycles. The quantitative estimate of drug-likeness (QED) is 0.899. The molecule has 1 fully saturated rings. The number of rotatable bonds is 4. The van der Waals surface area contributed by atoms with Crippen molar-refractivity contribution in [2.45, 2.75) is 10.8 Å². The van der Waals surface area contributed by atoms with Crippen LogP contribution in [0.5, 0.6) is 0 Å². The summed E-state index contributed by atoms with van der Waals surface area (Å²) in [5.74, 6) is -0.960. The number of sulfonamides is 1. The van der Waals surface area contributed by atoms with Crippen LogP contribution in [0.1, 0.15) is 17.0 Å². The number of aliphatic hydroxyl groups excluding tert-OH is 1. The number of thiophene rings is 1. The molecule has 0 unspecified atom stereocenters. The zero-order valence-electron chi connectivity index (χ0n) is 12.6. The van der Waals surface area contributed by atoms with Crippen molar-refractivity contribution in [3.63, 3.8) is 0 Å². The lowest BCUT2D eigenvalue weighted by Gasteiger charge is -2.17. The highest BCUT2D eigenvalue weighted by Gasteiger charge is 2.40. The summed E-state index contributed by atoms with van der Waals surface area (Å²) < 4.78 is 40.3. The molecule has 5 nitrogen and oxygen atoms in total. The molecule has 0 aliphatic carbocycles. The molecule has 1 N–H and O–H groups in total. The lowest BCUT2D eigenvalue weighted by Crippen LogP contribution is -2.30. The van der Waals surface area contributed by atoms with Gasteiger partial charge in [0.25, 0.3) is 0 Å². The average molecular weight is 366 g/mol. The molecule has 126 valence electrons. The van der Waals surface area contributed by atoms with Crippen LogP contribution in [-0.4, -0.2) is 37.5 Å². The molecule has 0 bridgehead atoms. The normalized spacial score (nSPS) is 21.7. The summed E-state index contributed by atoms with van der Waals surface area (Å²) in [6, 6.07) is 6.73. The fraction of sp³-hybridized carbons (Fsp3) is 0.312. The maximum atomic E-state index is 13.3. The van der Waals surface area contributed by atoms with Gasteiger partial charge in [0.2, 0.25) is 10.0 Å². The van der Waals surface area contributed by atoms with Crippen molar-refractivity contribution < 1.29 is 17.9 Å². The van der Waals surface area contributed by atoms with Gasteiger partial charge in [-0.15, -0.1) is 0 Å². The van der Waals surface area contributed by atoms with Gasteiger partial charge in [-0.05, 0) is 40.6 Å². The van der Waals surface area contributed by atoms with Gasteiger partial charge in [-0.3, -0.25) is 0 Å². The highest BCUT2D eigenvalue weighted by atomic mass is 32.2. The molecule has 2 atom stereocenters. The van der Waals surface area contributed by atoms with Crippen LogP contribution in [0.25, 0.3) is 0 Å². The Bertz CT molecular complexity index is 875. The first kappa shape index (κ1) is 17.0. The van der Waals surface area contributed by atoms with E-state index < -0.39 is 15.8 Å². The van der Waals surface area contributed by atoms with Crippen LogP contribution in [0.15, 0.2) is 39.9 Å². The van der Waals surface area contributed by atoms with Crippen molar-refractivity contribution in [2.24, 2.45) is 5.92 Å². The second-order valence-corrected chi connectivity index (χ2v) is 8.37. The van der Waals surface area contributed by atoms with Crippen molar-refractivity contribution in [2.75, 3.05) is 19.7 Å². The Morgan fingerprint density at radius 3 is 2.79 bits per heavy atom. The highest BCUT2D eigenvalue weighted by Crippen LogP contribution is 2.36. The van der Waals surface area contributed by atoms with Gasteiger partial charge in [0.05, 0.1) is 5.56 Å². The highest BCUT2D eigenvalue weighted by molar-refractivity contribution is 7.89. The number of nitrogens with zero attached hydrogens (tertiary/aromatic N) is 2. The molecule has 0 radical (unpaired) electrons. The molecule has 1 aliphatic heterocycles. The first-order valence-corrected chi connectivity index (χ1v) is 9.68. The Kier molecular flexibility index (Phi) is 4.69. The van der Waals surface area contributed by atoms with Crippen molar-refractivity contribution >= 4 is 21.4 Å². The van der Waals surface area contributed by atoms with Gasteiger partial charge in [-0.1, -0.05) is 0 Å². The first-order chi connectivity index (χ1) is 11.5. The Labute approximate surface area is 143 Å². The van der Waals surface area contributed by atoms with E-state index in [1.165, 1.54) is 15.6 Å². The second kappa shape index (κ2) is 6.61. The van der Waals surface area contributed by atoms with Crippen LogP contribution >= 0.6 is 11.3 Å². The summed E-state index contributed by atoms with van der Waals surface area (Å²) in [5, 5.41) is 22.6. The lowest BCUT2D eigenvalue weighted by atomic mass is 9.92. The van der Waals surface area contributed by atoms with Gasteiger partial charge in [0.1, 0.15) is 16.8 Å². The van der Waals surface area contributed by atoms with E-state index in [0.29, 0.717) is 0 Å². The maximum Gasteiger partial charge on any atom is 0.244 e. The minimum absolute atomic E-state index is 0.0954. The number of nitriles is 1. The zero-order chi connectivity index (χ0) is 17.3. The largest absolute Gasteiger partial charge is 0.396 e. The van der Waals surface area contributed by atoms with Crippen LogP contribution in [0.2, 0.25) is 0 Å². The van der Waals surface area contributed by atoms with E-state index >= 15 is 0 Å². The Hall–Kier alpha value is -1.79. The fourth-order valence-electron chi connectivity index (χ4n) is 3.03. The molecule has 2 heterocycles. The Balaban J connectivity index is 1.96. The van der Waals surface area contributed by atoms with Crippen molar-refractivity contribution in [1.29, 1.82) is 5.26 Å². The van der Waals surface area contributed by atoms with Crippen LogP contribution in [-0.2, 0) is 10.0 Å².